The Bertz CT molecular complexity index is 1410. The van der Waals surface area contributed by atoms with Gasteiger partial charge in [0.1, 0.15) is 17.7 Å². The molecule has 2 aromatic rings. The highest BCUT2D eigenvalue weighted by Gasteiger charge is 2.46. The lowest BCUT2D eigenvalue weighted by Crippen LogP contribution is -2.36. The Balaban J connectivity index is 1.78. The number of cyclic esters (lactones) is 1. The molecule has 0 N–H and O–H groups in total. The molecule has 4 nitrogen and oxygen atoms in total. The first-order chi connectivity index (χ1) is 20.2. The van der Waals surface area contributed by atoms with Crippen molar-refractivity contribution in [3.63, 3.8) is 0 Å². The van der Waals surface area contributed by atoms with Crippen LogP contribution in [0.3, 0.4) is 0 Å². The van der Waals surface area contributed by atoms with E-state index < -0.39 is 78.2 Å². The van der Waals surface area contributed by atoms with E-state index in [-0.39, 0.29) is 41.7 Å². The Labute approximate surface area is 246 Å². The predicted octanol–water partition coefficient (Wildman–Crippen LogP) is 9.69. The molecule has 2 aromatic carbocycles. The monoisotopic (exact) mass is 641 g/mol. The van der Waals surface area contributed by atoms with Crippen LogP contribution in [0.5, 0.6) is 5.75 Å². The molecule has 1 amide bonds. The van der Waals surface area contributed by atoms with Crippen LogP contribution in [0.25, 0.3) is 5.57 Å². The molecule has 242 valence electrons. The molecule has 0 aromatic heterocycles. The molecule has 1 heterocycles. The average Bonchev–Trinajstić information content (AvgIpc) is 3.19. The number of amides is 1. The summed E-state index contributed by atoms with van der Waals surface area (Å²) >= 11 is 0. The number of carbonyl (C=O) groups is 1. The Kier molecular flexibility index (Phi) is 8.98. The molecular formula is C30H29F10NO3. The van der Waals surface area contributed by atoms with Gasteiger partial charge in [-0.1, -0.05) is 13.8 Å². The fraction of sp³-hybridized carbons (Fsp3) is 0.500. The van der Waals surface area contributed by atoms with Gasteiger partial charge in [-0.25, -0.2) is 9.18 Å². The standard InChI is InChI=1S/C30H29F10NO3/c1-14(2)22-11-23(25(43-4)12-24(22)31)21-6-5-18(28(32,33)34)9-17(21)13-41-15(3)26(44-27(41)42)16-7-19(29(35,36)37)10-20(8-16)30(38,39)40/h7-8,10-12,14-15,18,26H,5-6,9,13H2,1-4H3/t15-,18?,26+/m0/s1. The Morgan fingerprint density at radius 1 is 0.955 bits per heavy atom. The molecule has 2 aliphatic rings. The lowest BCUT2D eigenvalue weighted by Gasteiger charge is -2.32. The second kappa shape index (κ2) is 11.8. The van der Waals surface area contributed by atoms with Gasteiger partial charge >= 0.3 is 24.6 Å². The number of carbonyl (C=O) groups excluding carboxylic acids is 1. The quantitative estimate of drug-likeness (QED) is 0.295. The summed E-state index contributed by atoms with van der Waals surface area (Å²) in [7, 11) is 1.27. The molecule has 0 bridgehead atoms. The van der Waals surface area contributed by atoms with Crippen molar-refractivity contribution < 1.29 is 58.2 Å². The van der Waals surface area contributed by atoms with Crippen LogP contribution in [0.2, 0.25) is 0 Å². The van der Waals surface area contributed by atoms with Crippen molar-refractivity contribution >= 4 is 11.7 Å². The molecule has 3 atom stereocenters. The summed E-state index contributed by atoms with van der Waals surface area (Å²) in [4.78, 5) is 14.0. The van der Waals surface area contributed by atoms with Crippen LogP contribution in [0.4, 0.5) is 48.7 Å². The van der Waals surface area contributed by atoms with Gasteiger partial charge in [0.25, 0.3) is 0 Å². The lowest BCUT2D eigenvalue weighted by atomic mass is 9.79. The molecule has 1 fully saturated rings. The third kappa shape index (κ3) is 6.78. The van der Waals surface area contributed by atoms with Crippen molar-refractivity contribution in [2.75, 3.05) is 13.7 Å². The van der Waals surface area contributed by atoms with Crippen molar-refractivity contribution in [1.82, 2.24) is 4.90 Å². The fourth-order valence-corrected chi connectivity index (χ4v) is 5.71. The van der Waals surface area contributed by atoms with E-state index >= 15 is 0 Å². The zero-order valence-electron chi connectivity index (χ0n) is 24.0. The first-order valence-electron chi connectivity index (χ1n) is 13.6. The number of nitrogens with zero attached hydrogens (tertiary/aromatic N) is 1. The van der Waals surface area contributed by atoms with Gasteiger partial charge in [-0.15, -0.1) is 0 Å². The van der Waals surface area contributed by atoms with Gasteiger partial charge in [-0.05, 0) is 78.6 Å². The first kappa shape index (κ1) is 33.4. The molecular weight excluding hydrogens is 612 g/mol. The SMILES string of the molecule is COc1cc(F)c(C(C)C)cc1C1=C(CN2C(=O)O[C@@H](c3cc(C(F)(F)F)cc(C(F)(F)F)c3)[C@@H]2C)CC(C(F)(F)F)CC1. The third-order valence-corrected chi connectivity index (χ3v) is 8.08. The maximum absolute atomic E-state index is 14.7. The van der Waals surface area contributed by atoms with Gasteiger partial charge in [0.05, 0.1) is 30.2 Å². The van der Waals surface area contributed by atoms with Crippen molar-refractivity contribution in [2.45, 2.75) is 76.6 Å². The summed E-state index contributed by atoms with van der Waals surface area (Å²) in [5.41, 5.74) is -2.63. The summed E-state index contributed by atoms with van der Waals surface area (Å²) in [6.45, 7) is 4.32. The highest BCUT2D eigenvalue weighted by molar-refractivity contribution is 5.77. The Morgan fingerprint density at radius 2 is 1.55 bits per heavy atom. The predicted molar refractivity (Wildman–Crippen MR) is 139 cm³/mol. The summed E-state index contributed by atoms with van der Waals surface area (Å²) in [6.07, 6.45) is -18.5. The van der Waals surface area contributed by atoms with Crippen LogP contribution in [0, 0.1) is 11.7 Å². The Hall–Kier alpha value is -3.45. The molecule has 4 rings (SSSR count). The minimum absolute atomic E-state index is 0.0550. The first-order valence-corrected chi connectivity index (χ1v) is 13.6. The second-order valence-electron chi connectivity index (χ2n) is 11.3. The van der Waals surface area contributed by atoms with Crippen LogP contribution in [-0.4, -0.2) is 36.9 Å². The molecule has 0 radical (unpaired) electrons. The van der Waals surface area contributed by atoms with Gasteiger partial charge in [0, 0.05) is 18.2 Å². The number of hydrogen-bond donors (Lipinski definition) is 0. The van der Waals surface area contributed by atoms with Gasteiger partial charge < -0.3 is 9.47 Å². The minimum Gasteiger partial charge on any atom is -0.496 e. The summed E-state index contributed by atoms with van der Waals surface area (Å²) < 4.78 is 148. The number of methoxy groups -OCH3 is 1. The number of rotatable bonds is 6. The van der Waals surface area contributed by atoms with E-state index in [1.807, 2.05) is 0 Å². The highest BCUT2D eigenvalue weighted by atomic mass is 19.4. The van der Waals surface area contributed by atoms with Crippen molar-refractivity contribution in [3.8, 4) is 5.75 Å². The smallest absolute Gasteiger partial charge is 0.416 e. The number of allylic oxidation sites excluding steroid dienone is 1. The zero-order chi connectivity index (χ0) is 32.9. The summed E-state index contributed by atoms with van der Waals surface area (Å²) in [5.74, 6) is -2.59. The van der Waals surface area contributed by atoms with E-state index in [1.54, 1.807) is 13.8 Å². The third-order valence-electron chi connectivity index (χ3n) is 8.08. The van der Waals surface area contributed by atoms with Gasteiger partial charge in [0.15, 0.2) is 0 Å². The zero-order valence-corrected chi connectivity index (χ0v) is 24.0. The average molecular weight is 642 g/mol. The van der Waals surface area contributed by atoms with Crippen LogP contribution < -0.4 is 4.74 Å². The van der Waals surface area contributed by atoms with Crippen LogP contribution in [-0.2, 0) is 17.1 Å². The maximum atomic E-state index is 14.7. The molecule has 0 saturated carbocycles. The molecule has 1 unspecified atom stereocenters. The second-order valence-corrected chi connectivity index (χ2v) is 11.3. The van der Waals surface area contributed by atoms with Crippen LogP contribution in [0.1, 0.15) is 79.9 Å². The normalized spacial score (nSPS) is 21.8. The molecule has 1 saturated heterocycles. The number of halogens is 10. The largest absolute Gasteiger partial charge is 0.496 e. The van der Waals surface area contributed by atoms with E-state index in [4.69, 9.17) is 9.47 Å². The van der Waals surface area contributed by atoms with Gasteiger partial charge in [0.2, 0.25) is 0 Å². The number of ether oxygens (including phenoxy) is 2. The molecule has 44 heavy (non-hydrogen) atoms. The van der Waals surface area contributed by atoms with Crippen molar-refractivity contribution in [1.29, 1.82) is 0 Å². The number of alkyl halides is 9. The van der Waals surface area contributed by atoms with Crippen LogP contribution in [0.15, 0.2) is 35.9 Å². The van der Waals surface area contributed by atoms with Gasteiger partial charge in [-0.2, -0.15) is 39.5 Å². The maximum Gasteiger partial charge on any atom is 0.416 e. The highest BCUT2D eigenvalue weighted by Crippen LogP contribution is 2.47. The van der Waals surface area contributed by atoms with E-state index in [9.17, 15) is 48.7 Å². The topological polar surface area (TPSA) is 38.8 Å². The summed E-state index contributed by atoms with van der Waals surface area (Å²) in [5, 5.41) is 0. The van der Waals surface area contributed by atoms with E-state index in [2.05, 4.69) is 0 Å². The molecule has 1 aliphatic carbocycles. The molecule has 14 heteroatoms. The fourth-order valence-electron chi connectivity index (χ4n) is 5.71. The van der Waals surface area contributed by atoms with E-state index in [0.29, 0.717) is 23.3 Å². The van der Waals surface area contributed by atoms with E-state index in [0.717, 1.165) is 11.0 Å². The minimum atomic E-state index is -5.14. The lowest BCUT2D eigenvalue weighted by molar-refractivity contribution is -0.176. The molecule has 1 aliphatic heterocycles. The van der Waals surface area contributed by atoms with Crippen molar-refractivity contribution in [3.05, 3.63) is 69.5 Å². The van der Waals surface area contributed by atoms with Crippen LogP contribution >= 0.6 is 0 Å². The summed E-state index contributed by atoms with van der Waals surface area (Å²) in [6, 6.07) is 2.30. The van der Waals surface area contributed by atoms with Crippen molar-refractivity contribution in [2.24, 2.45) is 5.92 Å². The van der Waals surface area contributed by atoms with Gasteiger partial charge in [-0.3, -0.25) is 4.90 Å². The number of benzene rings is 2. The Morgan fingerprint density at radius 3 is 2.05 bits per heavy atom. The molecule has 0 spiro atoms. The number of hydrogen-bond acceptors (Lipinski definition) is 3. The van der Waals surface area contributed by atoms with E-state index in [1.165, 1.54) is 20.1 Å².